The predicted molar refractivity (Wildman–Crippen MR) is 189 cm³/mol. The van der Waals surface area contributed by atoms with E-state index in [1.54, 1.807) is 0 Å². The maximum absolute atomic E-state index is 4.01. The standard InChI is InChI=1S/C42H36N2/c1-3-15-35-17-11-13-23-41(35)44(42-24-14-12-18-36(42)16-4-2)40-31-27-34(28-32-40)33-25-29-39(30-26-33)43(37-19-7-5-8-20-37)38-21-9-6-10-22-38/h3-14,17-32H,1-2,15-16H2. The third kappa shape index (κ3) is 6.11. The average Bonchev–Trinajstić information content (AvgIpc) is 3.08. The molecule has 0 spiro atoms. The number of hydrogen-bond donors (Lipinski definition) is 0. The number of hydrogen-bond acceptors (Lipinski definition) is 2. The molecular weight excluding hydrogens is 532 g/mol. The number of anilines is 6. The minimum absolute atomic E-state index is 0.795. The highest BCUT2D eigenvalue weighted by molar-refractivity contribution is 5.82. The van der Waals surface area contributed by atoms with E-state index in [9.17, 15) is 0 Å². The molecule has 0 amide bonds. The molecule has 0 saturated carbocycles. The Balaban J connectivity index is 1.36. The topological polar surface area (TPSA) is 6.48 Å². The van der Waals surface area contributed by atoms with Crippen LogP contribution in [0.5, 0.6) is 0 Å². The normalized spacial score (nSPS) is 10.6. The Bertz CT molecular complexity index is 1730. The minimum atomic E-state index is 0.795. The number of benzene rings is 6. The molecule has 2 heteroatoms. The Kier molecular flexibility index (Phi) is 8.80. The molecule has 0 saturated heterocycles. The summed E-state index contributed by atoms with van der Waals surface area (Å²) in [6, 6.07) is 55.9. The van der Waals surface area contributed by atoms with Crippen LogP contribution in [-0.2, 0) is 12.8 Å². The van der Waals surface area contributed by atoms with E-state index in [4.69, 9.17) is 0 Å². The zero-order valence-corrected chi connectivity index (χ0v) is 24.9. The fourth-order valence-corrected chi connectivity index (χ4v) is 5.73. The quantitative estimate of drug-likeness (QED) is 0.143. The molecule has 0 bridgehead atoms. The molecule has 0 aromatic heterocycles. The highest BCUT2D eigenvalue weighted by Gasteiger charge is 2.18. The maximum atomic E-state index is 4.01. The van der Waals surface area contributed by atoms with Crippen molar-refractivity contribution in [2.45, 2.75) is 12.8 Å². The highest BCUT2D eigenvalue weighted by Crippen LogP contribution is 2.40. The highest BCUT2D eigenvalue weighted by atomic mass is 15.1. The van der Waals surface area contributed by atoms with Gasteiger partial charge >= 0.3 is 0 Å². The summed E-state index contributed by atoms with van der Waals surface area (Å²) in [6.07, 6.45) is 5.53. The van der Waals surface area contributed by atoms with Crippen LogP contribution in [0, 0.1) is 0 Å². The molecule has 0 aliphatic rings. The zero-order chi connectivity index (χ0) is 30.1. The van der Waals surface area contributed by atoms with Gasteiger partial charge in [-0.3, -0.25) is 0 Å². The average molecular weight is 569 g/mol. The van der Waals surface area contributed by atoms with Crippen LogP contribution in [0.3, 0.4) is 0 Å². The molecule has 0 heterocycles. The van der Waals surface area contributed by atoms with Gasteiger partial charge < -0.3 is 9.80 Å². The van der Waals surface area contributed by atoms with Gasteiger partial charge in [-0.25, -0.2) is 0 Å². The summed E-state index contributed by atoms with van der Waals surface area (Å²) in [5.41, 5.74) is 11.6. The molecule has 0 atom stereocenters. The van der Waals surface area contributed by atoms with Gasteiger partial charge in [-0.2, -0.15) is 0 Å². The lowest BCUT2D eigenvalue weighted by molar-refractivity contribution is 1.16. The summed E-state index contributed by atoms with van der Waals surface area (Å²) < 4.78 is 0. The Morgan fingerprint density at radius 2 is 0.705 bits per heavy atom. The van der Waals surface area contributed by atoms with Gasteiger partial charge in [0.15, 0.2) is 0 Å². The monoisotopic (exact) mass is 568 g/mol. The van der Waals surface area contributed by atoms with Crippen LogP contribution in [0.1, 0.15) is 11.1 Å². The third-order valence-electron chi connectivity index (χ3n) is 7.81. The van der Waals surface area contributed by atoms with Crippen molar-refractivity contribution in [1.29, 1.82) is 0 Å². The fourth-order valence-electron chi connectivity index (χ4n) is 5.73. The first-order valence-corrected chi connectivity index (χ1v) is 15.1. The summed E-state index contributed by atoms with van der Waals surface area (Å²) in [6.45, 7) is 8.02. The zero-order valence-electron chi connectivity index (χ0n) is 24.9. The van der Waals surface area contributed by atoms with Gasteiger partial charge in [0.1, 0.15) is 0 Å². The summed E-state index contributed by atoms with van der Waals surface area (Å²) in [5.74, 6) is 0. The van der Waals surface area contributed by atoms with Crippen molar-refractivity contribution >= 4 is 34.1 Å². The molecule has 0 unspecified atom stereocenters. The molecule has 2 nitrogen and oxygen atoms in total. The predicted octanol–water partition coefficient (Wildman–Crippen LogP) is 11.8. The third-order valence-corrected chi connectivity index (χ3v) is 7.81. The molecule has 44 heavy (non-hydrogen) atoms. The van der Waals surface area contributed by atoms with Gasteiger partial charge in [-0.1, -0.05) is 109 Å². The Hall–Kier alpha value is -5.60. The van der Waals surface area contributed by atoms with E-state index in [1.165, 1.54) is 22.3 Å². The van der Waals surface area contributed by atoms with Gasteiger partial charge in [0.25, 0.3) is 0 Å². The SMILES string of the molecule is C=CCc1ccccc1N(c1ccc(-c2ccc(N(c3ccccc3)c3ccccc3)cc2)cc1)c1ccccc1CC=C. The van der Waals surface area contributed by atoms with Crippen LogP contribution < -0.4 is 9.80 Å². The van der Waals surface area contributed by atoms with Crippen molar-refractivity contribution in [2.75, 3.05) is 9.80 Å². The Morgan fingerprint density at radius 3 is 1.11 bits per heavy atom. The number of allylic oxidation sites excluding steroid dienone is 2. The fraction of sp³-hybridized carbons (Fsp3) is 0.0476. The lowest BCUT2D eigenvalue weighted by Gasteiger charge is -2.29. The van der Waals surface area contributed by atoms with Crippen LogP contribution in [0.25, 0.3) is 11.1 Å². The van der Waals surface area contributed by atoms with Crippen LogP contribution >= 0.6 is 0 Å². The molecule has 6 aromatic carbocycles. The van der Waals surface area contributed by atoms with E-state index in [0.717, 1.165) is 47.0 Å². The number of rotatable bonds is 11. The second kappa shape index (κ2) is 13.6. The van der Waals surface area contributed by atoms with E-state index in [2.05, 4.69) is 181 Å². The molecule has 0 aliphatic carbocycles. The van der Waals surface area contributed by atoms with Gasteiger partial charge in [-0.05, 0) is 95.8 Å². The van der Waals surface area contributed by atoms with Crippen molar-refractivity contribution in [3.05, 3.63) is 194 Å². The van der Waals surface area contributed by atoms with Crippen molar-refractivity contribution in [2.24, 2.45) is 0 Å². The van der Waals surface area contributed by atoms with E-state index in [1.807, 2.05) is 12.2 Å². The second-order valence-electron chi connectivity index (χ2n) is 10.7. The van der Waals surface area contributed by atoms with Crippen molar-refractivity contribution in [1.82, 2.24) is 0 Å². The first kappa shape index (κ1) is 28.5. The van der Waals surface area contributed by atoms with E-state index in [-0.39, 0.29) is 0 Å². The summed E-state index contributed by atoms with van der Waals surface area (Å²) >= 11 is 0. The Morgan fingerprint density at radius 1 is 0.364 bits per heavy atom. The molecule has 6 aromatic rings. The molecular formula is C42H36N2. The Labute approximate surface area is 261 Å². The summed E-state index contributed by atoms with van der Waals surface area (Å²) in [5, 5.41) is 0. The van der Waals surface area contributed by atoms with Crippen molar-refractivity contribution < 1.29 is 0 Å². The molecule has 0 aliphatic heterocycles. The van der Waals surface area contributed by atoms with E-state index < -0.39 is 0 Å². The molecule has 0 N–H and O–H groups in total. The van der Waals surface area contributed by atoms with E-state index >= 15 is 0 Å². The second-order valence-corrected chi connectivity index (χ2v) is 10.7. The summed E-state index contributed by atoms with van der Waals surface area (Å²) in [7, 11) is 0. The van der Waals surface area contributed by atoms with Gasteiger partial charge in [-0.15, -0.1) is 13.2 Å². The number of para-hydroxylation sites is 4. The van der Waals surface area contributed by atoms with Crippen molar-refractivity contribution in [3.8, 4) is 11.1 Å². The first-order chi connectivity index (χ1) is 21.8. The largest absolute Gasteiger partial charge is 0.311 e. The van der Waals surface area contributed by atoms with Crippen LogP contribution in [0.2, 0.25) is 0 Å². The lowest BCUT2D eigenvalue weighted by atomic mass is 10.0. The van der Waals surface area contributed by atoms with E-state index in [0.29, 0.717) is 0 Å². The number of nitrogens with zero attached hydrogens (tertiary/aromatic N) is 2. The molecule has 214 valence electrons. The maximum Gasteiger partial charge on any atom is 0.0496 e. The smallest absolute Gasteiger partial charge is 0.0496 e. The van der Waals surface area contributed by atoms with Crippen LogP contribution in [0.15, 0.2) is 183 Å². The van der Waals surface area contributed by atoms with Crippen LogP contribution in [-0.4, -0.2) is 0 Å². The lowest BCUT2D eigenvalue weighted by Crippen LogP contribution is -2.14. The van der Waals surface area contributed by atoms with Gasteiger partial charge in [0.2, 0.25) is 0 Å². The van der Waals surface area contributed by atoms with Gasteiger partial charge in [0.05, 0.1) is 0 Å². The molecule has 6 rings (SSSR count). The van der Waals surface area contributed by atoms with Crippen molar-refractivity contribution in [3.63, 3.8) is 0 Å². The van der Waals surface area contributed by atoms with Crippen LogP contribution in [0.4, 0.5) is 34.1 Å². The first-order valence-electron chi connectivity index (χ1n) is 15.1. The minimum Gasteiger partial charge on any atom is -0.311 e. The van der Waals surface area contributed by atoms with Gasteiger partial charge in [0, 0.05) is 34.1 Å². The molecule has 0 fully saturated rings. The molecule has 0 radical (unpaired) electrons. The summed E-state index contributed by atoms with van der Waals surface area (Å²) in [4.78, 5) is 4.65.